The topological polar surface area (TPSA) is 61.9 Å². The fourth-order valence-corrected chi connectivity index (χ4v) is 2.40. The maximum atomic E-state index is 12.6. The van der Waals surface area contributed by atoms with Crippen LogP contribution in [0.15, 0.2) is 18.5 Å². The summed E-state index contributed by atoms with van der Waals surface area (Å²) in [5.74, 6) is 0.0659. The first-order valence-corrected chi connectivity index (χ1v) is 6.60. The summed E-state index contributed by atoms with van der Waals surface area (Å²) in [6.45, 7) is 7.01. The molecule has 0 saturated carbocycles. The molecular weight excluding hydrogens is 240 g/mol. The molecule has 1 amide bonds. The molecule has 0 bridgehead atoms. The molecule has 1 aliphatic rings. The van der Waals surface area contributed by atoms with Crippen LogP contribution < -0.4 is 0 Å². The molecule has 1 aromatic rings. The summed E-state index contributed by atoms with van der Waals surface area (Å²) in [6.07, 6.45) is 4.97. The summed E-state index contributed by atoms with van der Waals surface area (Å²) >= 11 is 0. The number of hydrogen-bond donors (Lipinski definition) is 0. The molecule has 19 heavy (non-hydrogen) atoms. The predicted molar refractivity (Wildman–Crippen MR) is 71.1 cm³/mol. The van der Waals surface area contributed by atoms with Gasteiger partial charge >= 0.3 is 0 Å². The molecule has 102 valence electrons. The highest BCUT2D eigenvalue weighted by molar-refractivity contribution is 5.83. The van der Waals surface area contributed by atoms with Crippen molar-refractivity contribution in [2.24, 2.45) is 5.41 Å². The molecule has 0 radical (unpaired) electrons. The highest BCUT2D eigenvalue weighted by atomic mass is 16.2. The lowest BCUT2D eigenvalue weighted by Gasteiger charge is -2.38. The summed E-state index contributed by atoms with van der Waals surface area (Å²) in [7, 11) is 0. The molecule has 0 spiro atoms. The van der Waals surface area contributed by atoms with E-state index in [4.69, 9.17) is 5.26 Å². The lowest BCUT2D eigenvalue weighted by atomic mass is 9.81. The summed E-state index contributed by atoms with van der Waals surface area (Å²) in [5.41, 5.74) is -0.962. The van der Waals surface area contributed by atoms with Crippen LogP contribution in [-0.4, -0.2) is 33.7 Å². The lowest BCUT2D eigenvalue weighted by molar-refractivity contribution is -0.141. The summed E-state index contributed by atoms with van der Waals surface area (Å²) in [6, 6.07) is 4.17. The van der Waals surface area contributed by atoms with Gasteiger partial charge in [-0.15, -0.1) is 0 Å². The van der Waals surface area contributed by atoms with Gasteiger partial charge in [0.1, 0.15) is 5.54 Å². The van der Waals surface area contributed by atoms with Gasteiger partial charge in [-0.3, -0.25) is 9.48 Å². The zero-order valence-electron chi connectivity index (χ0n) is 11.8. The van der Waals surface area contributed by atoms with Crippen LogP contribution in [0, 0.1) is 16.7 Å². The third kappa shape index (κ3) is 2.48. The first-order valence-electron chi connectivity index (χ1n) is 6.60. The zero-order chi connectivity index (χ0) is 14.1. The molecule has 0 atom stereocenters. The summed E-state index contributed by atoms with van der Waals surface area (Å²) in [5, 5.41) is 13.3. The maximum absolute atomic E-state index is 12.6. The van der Waals surface area contributed by atoms with Gasteiger partial charge in [-0.1, -0.05) is 0 Å². The Morgan fingerprint density at radius 3 is 2.53 bits per heavy atom. The molecule has 1 aromatic heterocycles. The number of carbonyl (C=O) groups excluding carboxylic acids is 1. The Hall–Kier alpha value is -1.83. The van der Waals surface area contributed by atoms with Crippen molar-refractivity contribution in [1.29, 1.82) is 5.26 Å². The van der Waals surface area contributed by atoms with Crippen LogP contribution >= 0.6 is 0 Å². The van der Waals surface area contributed by atoms with Crippen LogP contribution in [0.5, 0.6) is 0 Å². The highest BCUT2D eigenvalue weighted by Crippen LogP contribution is 2.31. The fraction of sp³-hybridized carbons (Fsp3) is 0.643. The Labute approximate surface area is 113 Å². The van der Waals surface area contributed by atoms with Crippen molar-refractivity contribution >= 4 is 5.91 Å². The fourth-order valence-electron chi connectivity index (χ4n) is 2.40. The second-order valence-corrected chi connectivity index (χ2v) is 5.97. The van der Waals surface area contributed by atoms with Gasteiger partial charge in [0, 0.05) is 25.5 Å². The van der Waals surface area contributed by atoms with Gasteiger partial charge in [0.25, 0.3) is 0 Å². The minimum Gasteiger partial charge on any atom is -0.340 e. The second kappa shape index (κ2) is 4.69. The molecule has 2 rings (SSSR count). The van der Waals surface area contributed by atoms with Crippen molar-refractivity contribution in [3.63, 3.8) is 0 Å². The molecule has 0 aliphatic carbocycles. The van der Waals surface area contributed by atoms with Crippen molar-refractivity contribution in [1.82, 2.24) is 14.7 Å². The molecule has 0 N–H and O–H groups in total. The van der Waals surface area contributed by atoms with Gasteiger partial charge in [-0.05, 0) is 39.7 Å². The number of likely N-dealkylation sites (tertiary alicyclic amines) is 1. The van der Waals surface area contributed by atoms with E-state index in [0.29, 0.717) is 13.1 Å². The number of piperidine rings is 1. The number of rotatable bonds is 2. The molecule has 1 saturated heterocycles. The van der Waals surface area contributed by atoms with Crippen molar-refractivity contribution in [2.75, 3.05) is 13.1 Å². The molecule has 5 nitrogen and oxygen atoms in total. The number of hydrogen-bond acceptors (Lipinski definition) is 3. The quantitative estimate of drug-likeness (QED) is 0.814. The van der Waals surface area contributed by atoms with Crippen LogP contribution in [0.1, 0.15) is 33.6 Å². The highest BCUT2D eigenvalue weighted by Gasteiger charge is 2.38. The van der Waals surface area contributed by atoms with E-state index in [-0.39, 0.29) is 11.3 Å². The number of nitrogens with zero attached hydrogens (tertiary/aromatic N) is 4. The predicted octanol–water partition coefficient (Wildman–Crippen LogP) is 1.77. The molecule has 1 aliphatic heterocycles. The average molecular weight is 260 g/mol. The average Bonchev–Trinajstić information content (AvgIpc) is 2.93. The molecule has 0 unspecified atom stereocenters. The van der Waals surface area contributed by atoms with Gasteiger partial charge in [0.2, 0.25) is 5.91 Å². The Morgan fingerprint density at radius 1 is 1.42 bits per heavy atom. The number of nitriles is 1. The van der Waals surface area contributed by atoms with E-state index < -0.39 is 5.54 Å². The molecule has 0 aromatic carbocycles. The first-order chi connectivity index (χ1) is 8.89. The normalized spacial score (nSPS) is 18.9. The Morgan fingerprint density at radius 2 is 2.05 bits per heavy atom. The number of carbonyl (C=O) groups is 1. The standard InChI is InChI=1S/C14H20N4O/c1-13(2,18-8-4-7-16-18)12(19)17-9-5-14(3,11-15)6-10-17/h4,7-8H,5-6,9-10H2,1-3H3. The van der Waals surface area contributed by atoms with Crippen LogP contribution in [0.25, 0.3) is 0 Å². The van der Waals surface area contributed by atoms with Gasteiger partial charge < -0.3 is 4.90 Å². The molecule has 2 heterocycles. The third-order valence-corrected chi connectivity index (χ3v) is 4.02. The van der Waals surface area contributed by atoms with E-state index in [1.165, 1.54) is 0 Å². The second-order valence-electron chi connectivity index (χ2n) is 5.97. The van der Waals surface area contributed by atoms with Crippen LogP contribution in [-0.2, 0) is 10.3 Å². The first kappa shape index (κ1) is 13.6. The smallest absolute Gasteiger partial charge is 0.249 e. The van der Waals surface area contributed by atoms with E-state index in [1.807, 2.05) is 31.7 Å². The van der Waals surface area contributed by atoms with Crippen LogP contribution in [0.4, 0.5) is 0 Å². The van der Waals surface area contributed by atoms with Gasteiger partial charge in [0.05, 0.1) is 11.5 Å². The number of aromatic nitrogens is 2. The lowest BCUT2D eigenvalue weighted by Crippen LogP contribution is -2.51. The molecule has 5 heteroatoms. The largest absolute Gasteiger partial charge is 0.340 e. The minimum atomic E-state index is -0.677. The summed E-state index contributed by atoms with van der Waals surface area (Å²) < 4.78 is 1.69. The Kier molecular flexibility index (Phi) is 3.36. The zero-order valence-corrected chi connectivity index (χ0v) is 11.8. The monoisotopic (exact) mass is 260 g/mol. The van der Waals surface area contributed by atoms with E-state index >= 15 is 0 Å². The van der Waals surface area contributed by atoms with E-state index in [9.17, 15) is 4.79 Å². The van der Waals surface area contributed by atoms with Crippen molar-refractivity contribution < 1.29 is 4.79 Å². The van der Waals surface area contributed by atoms with Gasteiger partial charge in [0.15, 0.2) is 0 Å². The van der Waals surface area contributed by atoms with Crippen molar-refractivity contribution in [3.05, 3.63) is 18.5 Å². The van der Waals surface area contributed by atoms with E-state index in [1.54, 1.807) is 17.1 Å². The Bertz CT molecular complexity index is 490. The SMILES string of the molecule is CC1(C#N)CCN(C(=O)C(C)(C)n2cccn2)CC1. The minimum absolute atomic E-state index is 0.0659. The third-order valence-electron chi connectivity index (χ3n) is 4.02. The number of amides is 1. The Balaban J connectivity index is 2.08. The summed E-state index contributed by atoms with van der Waals surface area (Å²) in [4.78, 5) is 14.4. The van der Waals surface area contributed by atoms with Gasteiger partial charge in [-0.2, -0.15) is 10.4 Å². The van der Waals surface area contributed by atoms with Gasteiger partial charge in [-0.25, -0.2) is 0 Å². The maximum Gasteiger partial charge on any atom is 0.249 e. The molecular formula is C14H20N4O. The van der Waals surface area contributed by atoms with E-state index in [2.05, 4.69) is 11.2 Å². The van der Waals surface area contributed by atoms with E-state index in [0.717, 1.165) is 12.8 Å². The van der Waals surface area contributed by atoms with Crippen LogP contribution in [0.3, 0.4) is 0 Å². The van der Waals surface area contributed by atoms with Crippen molar-refractivity contribution in [3.8, 4) is 6.07 Å². The van der Waals surface area contributed by atoms with Crippen LogP contribution in [0.2, 0.25) is 0 Å². The van der Waals surface area contributed by atoms with Crippen molar-refractivity contribution in [2.45, 2.75) is 39.2 Å². The molecule has 1 fully saturated rings.